The number of aromatic amines is 2. The number of esters is 1. The number of carboxylic acid groups (broad SMARTS) is 1. The second kappa shape index (κ2) is 43.5. The Morgan fingerprint density at radius 2 is 1.08 bits per heavy atom. The van der Waals surface area contributed by atoms with E-state index in [1.807, 2.05) is 121 Å². The number of likely N-dealkylation sites (tertiary alicyclic amines) is 2. The van der Waals surface area contributed by atoms with Crippen molar-refractivity contribution in [3.8, 4) is 63.0 Å². The molecule has 0 radical (unpaired) electrons. The Balaban J connectivity index is 0.000000192. The highest BCUT2D eigenvalue weighted by atomic mass is 79.9. The number of methoxy groups -OCH3 is 5. The Hall–Kier alpha value is -14.1. The van der Waals surface area contributed by atoms with Crippen LogP contribution in [-0.2, 0) is 43.4 Å². The first kappa shape index (κ1) is 100. The minimum absolute atomic E-state index is 0.0339. The van der Waals surface area contributed by atoms with Crippen LogP contribution in [0.5, 0.6) is 28.9 Å². The summed E-state index contributed by atoms with van der Waals surface area (Å²) in [5.74, 6) is 0.0241. The summed E-state index contributed by atoms with van der Waals surface area (Å²) in [6.07, 6.45) is -0.284. The predicted molar refractivity (Wildman–Crippen MR) is 501 cm³/mol. The SMILES string of the molecule is C=C[C@@H]1C[C@]1(NC(=O)[C@@H]1C[C@@H](Oc2nc(-c3ccccc3)nc3ccc(OC)cc23)CN1C(=O)[C@@H](NC(=O)OC(C)(C)C)C(C)(C)C)C(=O)NS(=O)(=O)C1CC1.COC(=O)[C@@H]1C[C@@H](O)CN1C(=O)OC(C)(C)C.COc1ccc(Br)c(C(=O)O)c1.COc1ccc2nc(-c3ccccc3)[nH]c(=O)c2c1.COc1ccc2nc(-c3ccccc3)[nH]c(=O)c2c1.N=C(N)c1ccccc1. The topological polar surface area (TPSA) is 478 Å². The van der Waals surface area contributed by atoms with Gasteiger partial charge in [0.2, 0.25) is 27.7 Å². The van der Waals surface area contributed by atoms with Gasteiger partial charge in [-0.25, -0.2) is 42.5 Å². The van der Waals surface area contributed by atoms with Gasteiger partial charge in [0, 0.05) is 45.5 Å². The van der Waals surface area contributed by atoms with Gasteiger partial charge in [-0.05, 0) is 155 Å². The number of aliphatic hydroxyl groups is 1. The molecule has 0 spiro atoms. The van der Waals surface area contributed by atoms with E-state index in [0.717, 1.165) is 22.3 Å². The van der Waals surface area contributed by atoms with Gasteiger partial charge in [-0.15, -0.1) is 6.58 Å². The van der Waals surface area contributed by atoms with Gasteiger partial charge >= 0.3 is 24.1 Å². The molecule has 8 aromatic carbocycles. The number of nitrogens with zero attached hydrogens (tertiary/aromatic N) is 6. The smallest absolute Gasteiger partial charge is 0.411 e. The highest BCUT2D eigenvalue weighted by Gasteiger charge is 2.62. The molecular formula is C96H108BrN13O21S. The summed E-state index contributed by atoms with van der Waals surface area (Å²) in [7, 11) is 3.50. The van der Waals surface area contributed by atoms with Crippen molar-refractivity contribution < 1.29 is 90.1 Å². The van der Waals surface area contributed by atoms with Crippen LogP contribution < -0.4 is 55.9 Å². The number of benzene rings is 8. The van der Waals surface area contributed by atoms with Crippen molar-refractivity contribution in [2.24, 2.45) is 17.1 Å². The largest absolute Gasteiger partial charge is 0.497 e. The van der Waals surface area contributed by atoms with Crippen molar-refractivity contribution in [3.05, 3.63) is 243 Å². The number of carbonyl (C=O) groups excluding carboxylic acids is 6. The molecule has 5 heterocycles. The maximum atomic E-state index is 14.6. The lowest BCUT2D eigenvalue weighted by Crippen LogP contribution is -2.60. The van der Waals surface area contributed by atoms with Gasteiger partial charge in [0.05, 0.1) is 98.3 Å². The molecule has 4 aliphatic rings. The Morgan fingerprint density at radius 3 is 1.52 bits per heavy atom. The van der Waals surface area contributed by atoms with E-state index >= 15 is 0 Å². The number of fused-ring (bicyclic) bond motifs is 3. The van der Waals surface area contributed by atoms with Gasteiger partial charge in [0.25, 0.3) is 17.0 Å². The van der Waals surface area contributed by atoms with Crippen LogP contribution in [0.1, 0.15) is 110 Å². The Bertz CT molecular complexity index is 6120. The number of aromatic nitrogens is 6. The van der Waals surface area contributed by atoms with E-state index in [9.17, 15) is 56.7 Å². The molecule has 7 atom stereocenters. The number of aliphatic hydroxyl groups excluding tert-OH is 1. The summed E-state index contributed by atoms with van der Waals surface area (Å²) in [6.45, 7) is 19.4. The zero-order chi connectivity index (χ0) is 96.3. The first-order chi connectivity index (χ1) is 62.5. The molecule has 2 saturated carbocycles. The molecule has 4 fully saturated rings. The van der Waals surface area contributed by atoms with Crippen molar-refractivity contribution in [1.82, 2.24) is 55.1 Å². The fourth-order valence-electron chi connectivity index (χ4n) is 13.9. The van der Waals surface area contributed by atoms with Gasteiger partial charge in [-0.3, -0.25) is 39.0 Å². The molecule has 34 nitrogen and oxygen atoms in total. The molecular weight excluding hydrogens is 1780 g/mol. The van der Waals surface area contributed by atoms with Gasteiger partial charge < -0.3 is 79.3 Å². The molecule has 0 unspecified atom stereocenters. The lowest BCUT2D eigenvalue weighted by Gasteiger charge is -2.36. The third-order valence-electron chi connectivity index (χ3n) is 20.8. The maximum absolute atomic E-state index is 14.6. The minimum Gasteiger partial charge on any atom is -0.497 e. The Labute approximate surface area is 771 Å². The van der Waals surface area contributed by atoms with E-state index in [2.05, 4.69) is 62.5 Å². The average molecular weight is 1890 g/mol. The quantitative estimate of drug-likeness (QED) is 0.0112. The number of nitrogens with one attached hydrogen (secondary N) is 6. The fraction of sp³-hybridized carbons (Fsp3) is 0.333. The summed E-state index contributed by atoms with van der Waals surface area (Å²) >= 11 is 3.12. The number of hydrogen-bond acceptors (Lipinski definition) is 25. The van der Waals surface area contributed by atoms with Crippen molar-refractivity contribution in [1.29, 1.82) is 5.41 Å². The van der Waals surface area contributed by atoms with Crippen LogP contribution in [0, 0.1) is 16.7 Å². The average Bonchev–Trinajstić information content (AvgIpc) is 1.57. The van der Waals surface area contributed by atoms with E-state index in [0.29, 0.717) is 90.5 Å². The van der Waals surface area contributed by atoms with E-state index in [-0.39, 0.29) is 60.7 Å². The molecule has 36 heteroatoms. The third-order valence-corrected chi connectivity index (χ3v) is 23.3. The number of amidine groups is 1. The standard InChI is InChI=1S/C40H50N6O9S.2C15H12N2O2.C11H19NO5.C8H7BrO3.C7H8N2/c1-9-24-21-40(24,36(49)45-56(51,52)27-16-17-27)44-33(47)30-20-26(22-46(30)35(48)31(38(2,3)4)42-37(50)55-39(5,6)7)54-34-28-19-25(53-8)15-18-29(28)41-32(43-34)23-13-11-10-12-14-23;2*1-19-11-7-8-13-12(9-11)15(18)17-14(16-13)10-5-3-2-4-6-10;1-11(2,3)17-10(15)12-6-7(13)5-8(12)9(14)16-4;1-12-5-2-3-7(9)6(4-5)8(10)11;8-7(9)6-4-2-1-3-5-6/h9-15,18-19,24,26-27,30-31H,1,16-17,20-22H2,2-8H3,(H,42,50)(H,44,47)(H,45,49);2*2-9H,1H3,(H,16,17,18);7-8,13H,5-6H2,1-4H3;2-4H,1H3,(H,10,11);1-5H,(H3,8,9)/t24-,26-,30+,31-,40-;;;7-,8+;;/m1..1../s1. The zero-order valence-corrected chi connectivity index (χ0v) is 77.9. The molecule has 15 rings (SSSR count). The summed E-state index contributed by atoms with van der Waals surface area (Å²) in [5.41, 5.74) is 6.33. The summed E-state index contributed by atoms with van der Waals surface area (Å²) < 4.78 is 70.6. The van der Waals surface area contributed by atoms with Crippen LogP contribution in [0.15, 0.2) is 221 Å². The second-order valence-corrected chi connectivity index (χ2v) is 36.8. The number of ether oxygens (including phenoxy) is 8. The number of sulfonamides is 1. The van der Waals surface area contributed by atoms with Crippen molar-refractivity contribution in [2.75, 3.05) is 48.6 Å². The number of carboxylic acids is 1. The zero-order valence-electron chi connectivity index (χ0n) is 75.4. The highest BCUT2D eigenvalue weighted by Crippen LogP contribution is 2.46. The van der Waals surface area contributed by atoms with E-state index in [1.54, 1.807) is 143 Å². The highest BCUT2D eigenvalue weighted by molar-refractivity contribution is 9.10. The molecule has 5 amide bonds. The number of halogens is 1. The number of amides is 5. The van der Waals surface area contributed by atoms with Crippen LogP contribution in [-0.4, -0.2) is 207 Å². The monoisotopic (exact) mass is 1890 g/mol. The second-order valence-electron chi connectivity index (χ2n) is 34.0. The van der Waals surface area contributed by atoms with Gasteiger partial charge in [-0.2, -0.15) is 4.98 Å². The molecule has 2 aliphatic carbocycles. The van der Waals surface area contributed by atoms with Crippen LogP contribution in [0.2, 0.25) is 0 Å². The number of β-amino-alcohol motifs (C(OH)–C–C–N with tert-alkyl or cyclic N) is 1. The molecule has 2 saturated heterocycles. The van der Waals surface area contributed by atoms with Crippen molar-refractivity contribution >= 4 is 106 Å². The van der Waals surface area contributed by atoms with E-state index < -0.39 is 116 Å². The Kier molecular flexibility index (Phi) is 33.0. The lowest BCUT2D eigenvalue weighted by molar-refractivity contribution is -0.145. The molecule has 10 N–H and O–H groups in total. The van der Waals surface area contributed by atoms with Gasteiger partial charge in [0.1, 0.15) is 81.5 Å². The van der Waals surface area contributed by atoms with Crippen LogP contribution in [0.25, 0.3) is 66.9 Å². The third kappa shape index (κ3) is 26.6. The molecule has 696 valence electrons. The normalized spacial score (nSPS) is 17.3. The maximum Gasteiger partial charge on any atom is 0.411 e. The molecule has 0 bridgehead atoms. The number of H-pyrrole nitrogens is 2. The summed E-state index contributed by atoms with van der Waals surface area (Å²) in [4.78, 5) is 140. The molecule has 2 aliphatic heterocycles. The number of alkyl carbamates (subject to hydrolysis) is 1. The predicted octanol–water partition coefficient (Wildman–Crippen LogP) is 13.1. The number of aromatic carboxylic acids is 1. The van der Waals surface area contributed by atoms with Crippen LogP contribution in [0.4, 0.5) is 9.59 Å². The lowest BCUT2D eigenvalue weighted by atomic mass is 9.85. The van der Waals surface area contributed by atoms with E-state index in [1.165, 1.54) is 43.3 Å². The first-order valence-electron chi connectivity index (χ1n) is 41.9. The van der Waals surface area contributed by atoms with Crippen LogP contribution in [0.3, 0.4) is 0 Å². The fourth-order valence-corrected chi connectivity index (χ4v) is 15.6. The molecule has 11 aromatic rings. The van der Waals surface area contributed by atoms with E-state index in [4.69, 9.17) is 59.4 Å². The summed E-state index contributed by atoms with van der Waals surface area (Å²) in [5, 5.41) is 31.7. The minimum atomic E-state index is -3.93. The van der Waals surface area contributed by atoms with Gasteiger partial charge in [0.15, 0.2) is 5.82 Å². The number of nitrogen functional groups attached to an aromatic ring is 1. The Morgan fingerprint density at radius 1 is 0.606 bits per heavy atom. The number of rotatable bonds is 20. The number of nitrogens with two attached hydrogens (primary N) is 1. The first-order valence-corrected chi connectivity index (χ1v) is 44.2. The number of hydrogen-bond donors (Lipinski definition) is 9. The van der Waals surface area contributed by atoms with Gasteiger partial charge in [-0.1, -0.05) is 148 Å². The van der Waals surface area contributed by atoms with Crippen LogP contribution >= 0.6 is 15.9 Å². The summed E-state index contributed by atoms with van der Waals surface area (Å²) in [6, 6.07) is 55.2. The molecule has 3 aromatic heterocycles. The molecule has 132 heavy (non-hydrogen) atoms. The van der Waals surface area contributed by atoms with Crippen molar-refractivity contribution in [3.63, 3.8) is 0 Å². The number of carbonyl (C=O) groups is 7. The van der Waals surface area contributed by atoms with Crippen molar-refractivity contribution in [2.45, 2.75) is 147 Å².